The van der Waals surface area contributed by atoms with Crippen molar-refractivity contribution in [3.8, 4) is 0 Å². The minimum atomic E-state index is -0.772. The standard InChI is InChI=1S/C7H11N3O4/c1-2-14-5(11)3-4-6(12)8-7(13)10-9-4/h4,9H,2-3H2,1H3,(H2,8,10,12,13). The van der Waals surface area contributed by atoms with Crippen molar-refractivity contribution < 1.29 is 19.1 Å². The predicted octanol–water partition coefficient (Wildman–Crippen LogP) is -1.35. The molecule has 0 spiro atoms. The highest BCUT2D eigenvalue weighted by molar-refractivity contribution is 6.00. The van der Waals surface area contributed by atoms with Crippen LogP contribution in [0.3, 0.4) is 0 Å². The molecule has 1 saturated heterocycles. The first-order chi connectivity index (χ1) is 6.63. The Labute approximate surface area is 80.1 Å². The van der Waals surface area contributed by atoms with Crippen LogP contribution >= 0.6 is 0 Å². The van der Waals surface area contributed by atoms with Gasteiger partial charge in [0.2, 0.25) is 5.91 Å². The number of hydrogen-bond donors (Lipinski definition) is 3. The average molecular weight is 201 g/mol. The van der Waals surface area contributed by atoms with Gasteiger partial charge in [0.15, 0.2) is 0 Å². The van der Waals surface area contributed by atoms with Crippen molar-refractivity contribution in [2.45, 2.75) is 19.4 Å². The molecule has 1 heterocycles. The quantitative estimate of drug-likeness (QED) is 0.491. The molecule has 0 radical (unpaired) electrons. The molecule has 3 amide bonds. The van der Waals surface area contributed by atoms with Crippen LogP contribution in [0, 0.1) is 0 Å². The van der Waals surface area contributed by atoms with E-state index in [4.69, 9.17) is 0 Å². The third-order valence-electron chi connectivity index (χ3n) is 1.59. The first-order valence-corrected chi connectivity index (χ1v) is 4.15. The first-order valence-electron chi connectivity index (χ1n) is 4.15. The molecule has 7 nitrogen and oxygen atoms in total. The number of nitrogens with one attached hydrogen (secondary N) is 3. The molecule has 0 aromatic rings. The Kier molecular flexibility index (Phi) is 3.41. The van der Waals surface area contributed by atoms with Crippen molar-refractivity contribution in [3.63, 3.8) is 0 Å². The molecular formula is C7H11N3O4. The average Bonchev–Trinajstić information content (AvgIpc) is 2.10. The fourth-order valence-corrected chi connectivity index (χ4v) is 0.979. The van der Waals surface area contributed by atoms with Crippen LogP contribution in [0.1, 0.15) is 13.3 Å². The summed E-state index contributed by atoms with van der Waals surface area (Å²) in [7, 11) is 0. The summed E-state index contributed by atoms with van der Waals surface area (Å²) < 4.78 is 4.65. The first kappa shape index (κ1) is 10.5. The number of hydrogen-bond acceptors (Lipinski definition) is 5. The Morgan fingerprint density at radius 3 is 2.79 bits per heavy atom. The Morgan fingerprint density at radius 1 is 1.50 bits per heavy atom. The molecule has 0 aromatic heterocycles. The number of ether oxygens (including phenoxy) is 1. The molecule has 3 N–H and O–H groups in total. The molecule has 0 aromatic carbocycles. The van der Waals surface area contributed by atoms with Crippen LogP contribution in [0.5, 0.6) is 0 Å². The molecule has 7 heteroatoms. The molecule has 1 aliphatic heterocycles. The summed E-state index contributed by atoms with van der Waals surface area (Å²) in [6.45, 7) is 1.94. The van der Waals surface area contributed by atoms with Gasteiger partial charge < -0.3 is 4.74 Å². The van der Waals surface area contributed by atoms with Gasteiger partial charge in [-0.25, -0.2) is 10.2 Å². The molecule has 1 aliphatic rings. The Morgan fingerprint density at radius 2 is 2.21 bits per heavy atom. The Bertz CT molecular complexity index is 266. The molecule has 1 fully saturated rings. The van der Waals surface area contributed by atoms with E-state index >= 15 is 0 Å². The minimum absolute atomic E-state index is 0.111. The largest absolute Gasteiger partial charge is 0.466 e. The van der Waals surface area contributed by atoms with E-state index in [0.29, 0.717) is 0 Å². The smallest absolute Gasteiger partial charge is 0.335 e. The fourth-order valence-electron chi connectivity index (χ4n) is 0.979. The van der Waals surface area contributed by atoms with Gasteiger partial charge in [0.1, 0.15) is 6.04 Å². The van der Waals surface area contributed by atoms with E-state index in [1.165, 1.54) is 0 Å². The van der Waals surface area contributed by atoms with Crippen LogP contribution < -0.4 is 16.2 Å². The number of carbonyl (C=O) groups is 3. The monoisotopic (exact) mass is 201 g/mol. The molecular weight excluding hydrogens is 190 g/mol. The van der Waals surface area contributed by atoms with E-state index in [1.54, 1.807) is 6.92 Å². The molecule has 0 aliphatic carbocycles. The third-order valence-corrected chi connectivity index (χ3v) is 1.59. The second kappa shape index (κ2) is 4.56. The molecule has 1 unspecified atom stereocenters. The maximum absolute atomic E-state index is 11.1. The molecule has 1 rings (SSSR count). The Hall–Kier alpha value is -1.63. The van der Waals surface area contributed by atoms with Crippen molar-refractivity contribution >= 4 is 17.9 Å². The van der Waals surface area contributed by atoms with Crippen LogP contribution in [0.2, 0.25) is 0 Å². The van der Waals surface area contributed by atoms with Gasteiger partial charge >= 0.3 is 12.0 Å². The van der Waals surface area contributed by atoms with E-state index in [9.17, 15) is 14.4 Å². The lowest BCUT2D eigenvalue weighted by Gasteiger charge is -2.22. The summed E-state index contributed by atoms with van der Waals surface area (Å²) in [6, 6.07) is -1.40. The van der Waals surface area contributed by atoms with E-state index < -0.39 is 23.9 Å². The van der Waals surface area contributed by atoms with Crippen LogP contribution in [-0.4, -0.2) is 30.6 Å². The van der Waals surface area contributed by atoms with Gasteiger partial charge in [-0.1, -0.05) is 0 Å². The lowest BCUT2D eigenvalue weighted by atomic mass is 10.2. The number of hydrazine groups is 1. The lowest BCUT2D eigenvalue weighted by molar-refractivity contribution is -0.145. The zero-order chi connectivity index (χ0) is 10.6. The number of esters is 1. The van der Waals surface area contributed by atoms with Crippen molar-refractivity contribution in [2.75, 3.05) is 6.61 Å². The molecule has 1 atom stereocenters. The zero-order valence-electron chi connectivity index (χ0n) is 7.62. The summed E-state index contributed by atoms with van der Waals surface area (Å²) in [4.78, 5) is 32.7. The molecule has 0 bridgehead atoms. The summed E-state index contributed by atoms with van der Waals surface area (Å²) in [5, 5.41) is 2.02. The maximum Gasteiger partial charge on any atom is 0.335 e. The number of carbonyl (C=O) groups excluding carboxylic acids is 3. The third kappa shape index (κ3) is 2.70. The summed E-state index contributed by atoms with van der Waals surface area (Å²) in [5.74, 6) is -1.03. The molecule has 78 valence electrons. The lowest BCUT2D eigenvalue weighted by Crippen LogP contribution is -2.62. The van der Waals surface area contributed by atoms with Gasteiger partial charge in [0.25, 0.3) is 0 Å². The van der Waals surface area contributed by atoms with Crippen molar-refractivity contribution in [2.24, 2.45) is 0 Å². The summed E-state index contributed by atoms with van der Waals surface area (Å²) in [5.41, 5.74) is 4.58. The van der Waals surface area contributed by atoms with Gasteiger partial charge in [-0.3, -0.25) is 20.3 Å². The van der Waals surface area contributed by atoms with Crippen LogP contribution in [0.25, 0.3) is 0 Å². The number of rotatable bonds is 3. The zero-order valence-corrected chi connectivity index (χ0v) is 7.62. The highest BCUT2D eigenvalue weighted by atomic mass is 16.5. The van der Waals surface area contributed by atoms with E-state index in [1.807, 2.05) is 5.32 Å². The fraction of sp³-hybridized carbons (Fsp3) is 0.571. The van der Waals surface area contributed by atoms with Gasteiger partial charge in [-0.05, 0) is 6.92 Å². The summed E-state index contributed by atoms with van der Waals surface area (Å²) >= 11 is 0. The van der Waals surface area contributed by atoms with E-state index in [0.717, 1.165) is 0 Å². The topological polar surface area (TPSA) is 96.5 Å². The normalized spacial score (nSPS) is 21.1. The van der Waals surface area contributed by atoms with Crippen LogP contribution in [0.4, 0.5) is 4.79 Å². The molecule has 14 heavy (non-hydrogen) atoms. The van der Waals surface area contributed by atoms with Gasteiger partial charge in [-0.2, -0.15) is 0 Å². The number of amides is 3. The van der Waals surface area contributed by atoms with Crippen molar-refractivity contribution in [3.05, 3.63) is 0 Å². The van der Waals surface area contributed by atoms with E-state index in [2.05, 4.69) is 15.6 Å². The number of imide groups is 1. The Balaban J connectivity index is 2.41. The maximum atomic E-state index is 11.1. The SMILES string of the molecule is CCOC(=O)CC1NNC(=O)NC1=O. The predicted molar refractivity (Wildman–Crippen MR) is 44.8 cm³/mol. The van der Waals surface area contributed by atoms with Crippen LogP contribution in [0.15, 0.2) is 0 Å². The highest BCUT2D eigenvalue weighted by Gasteiger charge is 2.28. The minimum Gasteiger partial charge on any atom is -0.466 e. The summed E-state index contributed by atoms with van der Waals surface area (Å²) in [6.07, 6.45) is -0.111. The second-order valence-electron chi connectivity index (χ2n) is 2.65. The van der Waals surface area contributed by atoms with Crippen molar-refractivity contribution in [1.29, 1.82) is 0 Å². The van der Waals surface area contributed by atoms with E-state index in [-0.39, 0.29) is 13.0 Å². The van der Waals surface area contributed by atoms with Gasteiger partial charge in [-0.15, -0.1) is 0 Å². The molecule has 0 saturated carbocycles. The van der Waals surface area contributed by atoms with Crippen LogP contribution in [-0.2, 0) is 14.3 Å². The second-order valence-corrected chi connectivity index (χ2v) is 2.65. The highest BCUT2D eigenvalue weighted by Crippen LogP contribution is 1.97. The number of urea groups is 1. The van der Waals surface area contributed by atoms with Crippen molar-refractivity contribution in [1.82, 2.24) is 16.2 Å². The van der Waals surface area contributed by atoms with Gasteiger partial charge in [0, 0.05) is 0 Å². The van der Waals surface area contributed by atoms with Gasteiger partial charge in [0.05, 0.1) is 13.0 Å².